The summed E-state index contributed by atoms with van der Waals surface area (Å²) in [5, 5.41) is 0.664. The standard InChI is InChI=1S/C12H16ClNO/c13-11-6-10(7-14)4-5-12(11)15-8-9-2-1-3-9/h4-6,9H,1-3,7-8,14H2. The minimum atomic E-state index is 0.516. The quantitative estimate of drug-likeness (QED) is 0.855. The molecule has 0 saturated heterocycles. The Balaban J connectivity index is 1.95. The van der Waals surface area contributed by atoms with Crippen LogP contribution in [0.2, 0.25) is 5.02 Å². The summed E-state index contributed by atoms with van der Waals surface area (Å²) in [7, 11) is 0. The van der Waals surface area contributed by atoms with Gasteiger partial charge >= 0.3 is 0 Å². The van der Waals surface area contributed by atoms with Crippen molar-refractivity contribution in [3.8, 4) is 5.75 Å². The van der Waals surface area contributed by atoms with Gasteiger partial charge in [0.25, 0.3) is 0 Å². The number of ether oxygens (including phenoxy) is 1. The smallest absolute Gasteiger partial charge is 0.137 e. The largest absolute Gasteiger partial charge is 0.492 e. The molecule has 0 radical (unpaired) electrons. The Labute approximate surface area is 95.4 Å². The maximum atomic E-state index is 6.07. The fourth-order valence-corrected chi connectivity index (χ4v) is 1.91. The van der Waals surface area contributed by atoms with Gasteiger partial charge in [-0.05, 0) is 36.5 Å². The summed E-state index contributed by atoms with van der Waals surface area (Å²) in [5.74, 6) is 1.51. The van der Waals surface area contributed by atoms with E-state index in [0.29, 0.717) is 11.6 Å². The average molecular weight is 226 g/mol. The number of halogens is 1. The Hall–Kier alpha value is -0.730. The molecule has 15 heavy (non-hydrogen) atoms. The molecule has 0 heterocycles. The minimum absolute atomic E-state index is 0.516. The molecule has 2 N–H and O–H groups in total. The van der Waals surface area contributed by atoms with Crippen molar-refractivity contribution in [2.75, 3.05) is 6.61 Å². The van der Waals surface area contributed by atoms with Crippen LogP contribution in [0.25, 0.3) is 0 Å². The molecular formula is C12H16ClNO. The van der Waals surface area contributed by atoms with Gasteiger partial charge in [-0.2, -0.15) is 0 Å². The Morgan fingerprint density at radius 2 is 2.20 bits per heavy atom. The molecule has 1 aliphatic rings. The zero-order valence-corrected chi connectivity index (χ0v) is 9.46. The predicted octanol–water partition coefficient (Wildman–Crippen LogP) is 2.98. The van der Waals surface area contributed by atoms with Gasteiger partial charge in [-0.1, -0.05) is 24.1 Å². The Morgan fingerprint density at radius 1 is 1.40 bits per heavy atom. The zero-order chi connectivity index (χ0) is 10.7. The van der Waals surface area contributed by atoms with Crippen LogP contribution >= 0.6 is 11.6 Å². The molecule has 0 atom stereocenters. The molecule has 1 aromatic carbocycles. The third-order valence-corrected chi connectivity index (χ3v) is 3.23. The molecule has 1 aliphatic carbocycles. The lowest BCUT2D eigenvalue weighted by Crippen LogP contribution is -2.19. The van der Waals surface area contributed by atoms with Gasteiger partial charge in [0.15, 0.2) is 0 Å². The summed E-state index contributed by atoms with van der Waals surface area (Å²) in [6, 6.07) is 5.74. The number of hydrogen-bond acceptors (Lipinski definition) is 2. The number of hydrogen-bond donors (Lipinski definition) is 1. The Kier molecular flexibility index (Phi) is 3.49. The van der Waals surface area contributed by atoms with Crippen molar-refractivity contribution < 1.29 is 4.74 Å². The summed E-state index contributed by atoms with van der Waals surface area (Å²) < 4.78 is 5.67. The van der Waals surface area contributed by atoms with Gasteiger partial charge < -0.3 is 10.5 Å². The molecule has 3 heteroatoms. The van der Waals surface area contributed by atoms with Gasteiger partial charge in [0.2, 0.25) is 0 Å². The van der Waals surface area contributed by atoms with E-state index in [-0.39, 0.29) is 0 Å². The van der Waals surface area contributed by atoms with E-state index in [4.69, 9.17) is 22.1 Å². The maximum absolute atomic E-state index is 6.07. The molecule has 0 aliphatic heterocycles. The van der Waals surface area contributed by atoms with E-state index in [9.17, 15) is 0 Å². The molecule has 0 spiro atoms. The highest BCUT2D eigenvalue weighted by Crippen LogP contribution is 2.30. The van der Waals surface area contributed by atoms with Crippen LogP contribution in [-0.4, -0.2) is 6.61 Å². The summed E-state index contributed by atoms with van der Waals surface area (Å²) in [6.07, 6.45) is 3.92. The van der Waals surface area contributed by atoms with Crippen molar-refractivity contribution in [3.05, 3.63) is 28.8 Å². The molecule has 1 saturated carbocycles. The SMILES string of the molecule is NCc1ccc(OCC2CCC2)c(Cl)c1. The second kappa shape index (κ2) is 4.86. The van der Waals surface area contributed by atoms with Crippen molar-refractivity contribution in [3.63, 3.8) is 0 Å². The van der Waals surface area contributed by atoms with Crippen molar-refractivity contribution >= 4 is 11.6 Å². The monoisotopic (exact) mass is 225 g/mol. The third kappa shape index (κ3) is 2.64. The molecule has 82 valence electrons. The molecule has 0 aromatic heterocycles. The van der Waals surface area contributed by atoms with Gasteiger partial charge in [-0.3, -0.25) is 0 Å². The van der Waals surface area contributed by atoms with Crippen molar-refractivity contribution in [2.24, 2.45) is 11.7 Å². The molecule has 0 amide bonds. The normalized spacial score (nSPS) is 16.1. The second-order valence-electron chi connectivity index (χ2n) is 4.08. The summed E-state index contributed by atoms with van der Waals surface area (Å²) in [4.78, 5) is 0. The first-order valence-corrected chi connectivity index (χ1v) is 5.78. The third-order valence-electron chi connectivity index (χ3n) is 2.93. The lowest BCUT2D eigenvalue weighted by Gasteiger charge is -2.25. The lowest BCUT2D eigenvalue weighted by atomic mass is 9.86. The first-order valence-electron chi connectivity index (χ1n) is 5.41. The van der Waals surface area contributed by atoms with Gasteiger partial charge in [0.05, 0.1) is 11.6 Å². The van der Waals surface area contributed by atoms with Crippen LogP contribution < -0.4 is 10.5 Å². The van der Waals surface area contributed by atoms with Crippen LogP contribution in [0.5, 0.6) is 5.75 Å². The van der Waals surface area contributed by atoms with Crippen LogP contribution in [-0.2, 0) is 6.54 Å². The Morgan fingerprint density at radius 3 is 2.73 bits per heavy atom. The van der Waals surface area contributed by atoms with Crippen LogP contribution in [0, 0.1) is 5.92 Å². The zero-order valence-electron chi connectivity index (χ0n) is 8.71. The van der Waals surface area contributed by atoms with Crippen molar-refractivity contribution in [1.82, 2.24) is 0 Å². The van der Waals surface area contributed by atoms with E-state index < -0.39 is 0 Å². The van der Waals surface area contributed by atoms with Crippen LogP contribution in [0.3, 0.4) is 0 Å². The molecule has 0 bridgehead atoms. The maximum Gasteiger partial charge on any atom is 0.137 e. The highest BCUT2D eigenvalue weighted by Gasteiger charge is 2.18. The fourth-order valence-electron chi connectivity index (χ4n) is 1.66. The summed E-state index contributed by atoms with van der Waals surface area (Å²) in [6.45, 7) is 1.31. The Bertz CT molecular complexity index is 336. The molecule has 2 nitrogen and oxygen atoms in total. The molecule has 2 rings (SSSR count). The molecular weight excluding hydrogens is 210 g/mol. The summed E-state index contributed by atoms with van der Waals surface area (Å²) >= 11 is 6.07. The van der Waals surface area contributed by atoms with E-state index in [1.54, 1.807) is 0 Å². The van der Waals surface area contributed by atoms with Gasteiger partial charge in [-0.25, -0.2) is 0 Å². The topological polar surface area (TPSA) is 35.2 Å². The molecule has 1 fully saturated rings. The van der Waals surface area contributed by atoms with E-state index in [1.165, 1.54) is 19.3 Å². The molecule has 0 unspecified atom stereocenters. The van der Waals surface area contributed by atoms with Crippen LogP contribution in [0.15, 0.2) is 18.2 Å². The van der Waals surface area contributed by atoms with Crippen molar-refractivity contribution in [1.29, 1.82) is 0 Å². The second-order valence-corrected chi connectivity index (χ2v) is 4.48. The van der Waals surface area contributed by atoms with Gasteiger partial charge in [0.1, 0.15) is 5.75 Å². The molecule has 1 aromatic rings. The number of nitrogens with two attached hydrogens (primary N) is 1. The minimum Gasteiger partial charge on any atom is -0.492 e. The summed E-state index contributed by atoms with van der Waals surface area (Å²) in [5.41, 5.74) is 6.56. The van der Waals surface area contributed by atoms with E-state index in [2.05, 4.69) is 0 Å². The number of rotatable bonds is 4. The number of benzene rings is 1. The fraction of sp³-hybridized carbons (Fsp3) is 0.500. The average Bonchev–Trinajstić information content (AvgIpc) is 2.18. The predicted molar refractivity (Wildman–Crippen MR) is 62.2 cm³/mol. The van der Waals surface area contributed by atoms with Crippen LogP contribution in [0.4, 0.5) is 0 Å². The van der Waals surface area contributed by atoms with E-state index in [0.717, 1.165) is 23.8 Å². The lowest BCUT2D eigenvalue weighted by molar-refractivity contribution is 0.180. The highest BCUT2D eigenvalue weighted by atomic mass is 35.5. The van der Waals surface area contributed by atoms with E-state index >= 15 is 0 Å². The van der Waals surface area contributed by atoms with Gasteiger partial charge in [0, 0.05) is 6.54 Å². The van der Waals surface area contributed by atoms with E-state index in [1.807, 2.05) is 18.2 Å². The van der Waals surface area contributed by atoms with Gasteiger partial charge in [-0.15, -0.1) is 0 Å². The highest BCUT2D eigenvalue weighted by molar-refractivity contribution is 6.32. The van der Waals surface area contributed by atoms with Crippen LogP contribution in [0.1, 0.15) is 24.8 Å². The van der Waals surface area contributed by atoms with Crippen molar-refractivity contribution in [2.45, 2.75) is 25.8 Å². The first-order chi connectivity index (χ1) is 7.29. The first kappa shape index (κ1) is 10.8.